The Hall–Kier alpha value is -0.960. The first-order valence-electron chi connectivity index (χ1n) is 5.52. The lowest BCUT2D eigenvalue weighted by molar-refractivity contribution is -0.148. The molecule has 88 valence electrons. The van der Waals surface area contributed by atoms with Crippen molar-refractivity contribution in [3.05, 3.63) is 35.9 Å². The van der Waals surface area contributed by atoms with E-state index in [4.69, 9.17) is 4.74 Å². The second-order valence-electron chi connectivity index (χ2n) is 3.65. The highest BCUT2D eigenvalue weighted by Crippen LogP contribution is 2.10. The van der Waals surface area contributed by atoms with Gasteiger partial charge in [0.05, 0.1) is 5.92 Å². The van der Waals surface area contributed by atoms with E-state index in [2.05, 4.69) is 6.92 Å². The molecule has 1 rings (SSSR count). The molecule has 16 heavy (non-hydrogen) atoms. The van der Waals surface area contributed by atoms with Crippen molar-refractivity contribution in [1.29, 1.82) is 0 Å². The van der Waals surface area contributed by atoms with Gasteiger partial charge in [-0.2, -0.15) is 11.8 Å². The Labute approximate surface area is 101 Å². The molecule has 3 heteroatoms. The number of hydrogen-bond acceptors (Lipinski definition) is 3. The van der Waals surface area contributed by atoms with Crippen molar-refractivity contribution < 1.29 is 9.53 Å². The van der Waals surface area contributed by atoms with E-state index in [9.17, 15) is 4.79 Å². The fourth-order valence-corrected chi connectivity index (χ4v) is 1.96. The molecule has 1 aromatic rings. The van der Waals surface area contributed by atoms with Gasteiger partial charge in [-0.3, -0.25) is 4.79 Å². The van der Waals surface area contributed by atoms with Gasteiger partial charge in [-0.25, -0.2) is 0 Å². The third-order valence-electron chi connectivity index (χ3n) is 2.20. The van der Waals surface area contributed by atoms with Crippen LogP contribution in [0.1, 0.15) is 19.4 Å². The fraction of sp³-hybridized carbons (Fsp3) is 0.462. The number of ether oxygens (including phenoxy) is 1. The van der Waals surface area contributed by atoms with Crippen LogP contribution in [0.3, 0.4) is 0 Å². The van der Waals surface area contributed by atoms with E-state index in [-0.39, 0.29) is 11.9 Å². The Morgan fingerprint density at radius 2 is 2.06 bits per heavy atom. The average molecular weight is 238 g/mol. The van der Waals surface area contributed by atoms with Gasteiger partial charge in [0.15, 0.2) is 0 Å². The average Bonchev–Trinajstić information content (AvgIpc) is 2.34. The predicted molar refractivity (Wildman–Crippen MR) is 68.4 cm³/mol. The number of esters is 1. The van der Waals surface area contributed by atoms with E-state index >= 15 is 0 Å². The zero-order valence-electron chi connectivity index (χ0n) is 9.81. The first-order valence-corrected chi connectivity index (χ1v) is 6.67. The topological polar surface area (TPSA) is 26.3 Å². The minimum absolute atomic E-state index is 0.0198. The molecule has 0 fully saturated rings. The molecule has 0 saturated heterocycles. The van der Waals surface area contributed by atoms with Crippen molar-refractivity contribution in [3.8, 4) is 0 Å². The van der Waals surface area contributed by atoms with Crippen molar-refractivity contribution in [2.45, 2.75) is 20.5 Å². The minimum Gasteiger partial charge on any atom is -0.461 e. The molecule has 0 spiro atoms. The molecule has 0 aromatic heterocycles. The Balaban J connectivity index is 2.29. The van der Waals surface area contributed by atoms with Gasteiger partial charge in [-0.1, -0.05) is 44.2 Å². The number of benzene rings is 1. The van der Waals surface area contributed by atoms with Crippen molar-refractivity contribution in [3.63, 3.8) is 0 Å². The van der Waals surface area contributed by atoms with E-state index < -0.39 is 0 Å². The lowest BCUT2D eigenvalue weighted by Gasteiger charge is -2.10. The van der Waals surface area contributed by atoms with Crippen molar-refractivity contribution >= 4 is 17.7 Å². The van der Waals surface area contributed by atoms with E-state index in [0.29, 0.717) is 6.61 Å². The van der Waals surface area contributed by atoms with Gasteiger partial charge in [-0.05, 0) is 11.3 Å². The van der Waals surface area contributed by atoms with Gasteiger partial charge in [0.1, 0.15) is 6.61 Å². The lowest BCUT2D eigenvalue weighted by Crippen LogP contribution is -2.16. The number of rotatable bonds is 6. The monoisotopic (exact) mass is 238 g/mol. The molecule has 2 nitrogen and oxygen atoms in total. The van der Waals surface area contributed by atoms with Crippen LogP contribution in [-0.4, -0.2) is 17.5 Å². The van der Waals surface area contributed by atoms with Crippen LogP contribution in [0.4, 0.5) is 0 Å². The van der Waals surface area contributed by atoms with E-state index in [1.54, 1.807) is 11.8 Å². The first-order chi connectivity index (χ1) is 7.74. The highest BCUT2D eigenvalue weighted by molar-refractivity contribution is 7.99. The molecule has 0 radical (unpaired) electrons. The van der Waals surface area contributed by atoms with E-state index in [1.807, 2.05) is 37.3 Å². The van der Waals surface area contributed by atoms with Crippen LogP contribution in [0.2, 0.25) is 0 Å². The molecular weight excluding hydrogens is 220 g/mol. The summed E-state index contributed by atoms with van der Waals surface area (Å²) in [5.74, 6) is 1.75. The summed E-state index contributed by atoms with van der Waals surface area (Å²) in [6.07, 6.45) is 0. The maximum absolute atomic E-state index is 11.6. The Bertz CT molecular complexity index is 311. The summed E-state index contributed by atoms with van der Waals surface area (Å²) in [5, 5.41) is 0. The van der Waals surface area contributed by atoms with Gasteiger partial charge in [0, 0.05) is 5.75 Å². The van der Waals surface area contributed by atoms with Crippen molar-refractivity contribution in [2.75, 3.05) is 11.5 Å². The normalized spacial score (nSPS) is 12.1. The molecule has 1 aromatic carbocycles. The van der Waals surface area contributed by atoms with Gasteiger partial charge in [0.2, 0.25) is 0 Å². The van der Waals surface area contributed by atoms with Crippen LogP contribution in [0.25, 0.3) is 0 Å². The van der Waals surface area contributed by atoms with E-state index in [1.165, 1.54) is 0 Å². The molecule has 0 saturated carbocycles. The fourth-order valence-electron chi connectivity index (χ4n) is 1.23. The highest BCUT2D eigenvalue weighted by Gasteiger charge is 2.13. The second kappa shape index (κ2) is 7.34. The van der Waals surface area contributed by atoms with E-state index in [0.717, 1.165) is 17.1 Å². The van der Waals surface area contributed by atoms with Gasteiger partial charge in [0.25, 0.3) is 0 Å². The maximum Gasteiger partial charge on any atom is 0.309 e. The molecule has 0 amide bonds. The molecule has 0 N–H and O–H groups in total. The van der Waals surface area contributed by atoms with Crippen LogP contribution in [0, 0.1) is 5.92 Å². The van der Waals surface area contributed by atoms with Gasteiger partial charge >= 0.3 is 5.97 Å². The summed E-state index contributed by atoms with van der Waals surface area (Å²) in [6.45, 7) is 4.38. The summed E-state index contributed by atoms with van der Waals surface area (Å²) in [5.41, 5.74) is 1.03. The van der Waals surface area contributed by atoms with Crippen LogP contribution in [0.5, 0.6) is 0 Å². The summed E-state index contributed by atoms with van der Waals surface area (Å²) in [7, 11) is 0. The molecular formula is C13H18O2S. The summed E-state index contributed by atoms with van der Waals surface area (Å²) in [6, 6.07) is 9.75. The quantitative estimate of drug-likeness (QED) is 0.712. The summed E-state index contributed by atoms with van der Waals surface area (Å²) in [4.78, 5) is 11.6. The largest absolute Gasteiger partial charge is 0.461 e. The summed E-state index contributed by atoms with van der Waals surface area (Å²) < 4.78 is 5.23. The Kier molecular flexibility index (Phi) is 6.01. The maximum atomic E-state index is 11.6. The molecule has 0 bridgehead atoms. The third kappa shape index (κ3) is 4.71. The molecule has 1 atom stereocenters. The lowest BCUT2D eigenvalue weighted by atomic mass is 10.2. The predicted octanol–water partition coefficient (Wildman–Crippen LogP) is 3.12. The number of thioether (sulfide) groups is 1. The van der Waals surface area contributed by atoms with Crippen LogP contribution < -0.4 is 0 Å². The summed E-state index contributed by atoms with van der Waals surface area (Å²) >= 11 is 1.77. The van der Waals surface area contributed by atoms with Crippen molar-refractivity contribution in [1.82, 2.24) is 0 Å². The number of carbonyl (C=O) groups excluding carboxylic acids is 1. The standard InChI is InChI=1S/C13H18O2S/c1-3-16-10-11(2)13(14)15-9-12-7-5-4-6-8-12/h4-8,11H,3,9-10H2,1-2H3. The minimum atomic E-state index is -0.107. The Morgan fingerprint density at radius 3 is 2.69 bits per heavy atom. The first kappa shape index (κ1) is 13.1. The van der Waals surface area contributed by atoms with Gasteiger partial charge < -0.3 is 4.74 Å². The molecule has 0 aliphatic rings. The van der Waals surface area contributed by atoms with Crippen molar-refractivity contribution in [2.24, 2.45) is 5.92 Å². The zero-order chi connectivity index (χ0) is 11.8. The molecule has 0 aliphatic heterocycles. The number of hydrogen-bond donors (Lipinski definition) is 0. The molecule has 1 unspecified atom stereocenters. The SMILES string of the molecule is CCSCC(C)C(=O)OCc1ccccc1. The smallest absolute Gasteiger partial charge is 0.309 e. The van der Waals surface area contributed by atoms with Gasteiger partial charge in [-0.15, -0.1) is 0 Å². The number of carbonyl (C=O) groups is 1. The molecule has 0 heterocycles. The zero-order valence-corrected chi connectivity index (χ0v) is 10.6. The van der Waals surface area contributed by atoms with Crippen LogP contribution in [0.15, 0.2) is 30.3 Å². The van der Waals surface area contributed by atoms with Crippen LogP contribution >= 0.6 is 11.8 Å². The van der Waals surface area contributed by atoms with Crippen LogP contribution in [-0.2, 0) is 16.1 Å². The third-order valence-corrected chi connectivity index (χ3v) is 3.34. The Morgan fingerprint density at radius 1 is 1.38 bits per heavy atom. The highest BCUT2D eigenvalue weighted by atomic mass is 32.2. The second-order valence-corrected chi connectivity index (χ2v) is 4.97. The molecule has 0 aliphatic carbocycles.